The Balaban J connectivity index is 2.01. The van der Waals surface area contributed by atoms with Gasteiger partial charge < -0.3 is 11.1 Å². The molecule has 3 N–H and O–H groups in total. The predicted molar refractivity (Wildman–Crippen MR) is 83.4 cm³/mol. The van der Waals surface area contributed by atoms with E-state index < -0.39 is 0 Å². The molecule has 0 bridgehead atoms. The molecule has 0 spiro atoms. The van der Waals surface area contributed by atoms with Crippen molar-refractivity contribution in [3.05, 3.63) is 50.4 Å². The molecule has 2 aromatic rings. The van der Waals surface area contributed by atoms with E-state index in [4.69, 9.17) is 5.73 Å². The van der Waals surface area contributed by atoms with Crippen molar-refractivity contribution in [2.75, 3.05) is 6.54 Å². The summed E-state index contributed by atoms with van der Waals surface area (Å²) in [5.74, 6) is 5.42. The quantitative estimate of drug-likeness (QED) is 0.834. The van der Waals surface area contributed by atoms with E-state index in [1.807, 2.05) is 11.4 Å². The SMILES string of the molecule is NCC#Cc1cncc(C(=O)NCc2cc(Br)cs2)c1. The molecule has 4 nitrogen and oxygen atoms in total. The van der Waals surface area contributed by atoms with Gasteiger partial charge in [0, 0.05) is 32.7 Å². The molecule has 0 aromatic carbocycles. The van der Waals surface area contributed by atoms with Crippen molar-refractivity contribution < 1.29 is 4.79 Å². The number of pyridine rings is 1. The zero-order valence-electron chi connectivity index (χ0n) is 10.5. The summed E-state index contributed by atoms with van der Waals surface area (Å²) in [6.45, 7) is 0.775. The number of nitrogens with zero attached hydrogens (tertiary/aromatic N) is 1. The van der Waals surface area contributed by atoms with E-state index in [1.165, 1.54) is 6.20 Å². The fourth-order valence-corrected chi connectivity index (χ4v) is 2.89. The minimum Gasteiger partial charge on any atom is -0.347 e. The topological polar surface area (TPSA) is 68.0 Å². The van der Waals surface area contributed by atoms with Gasteiger partial charge in [-0.05, 0) is 28.1 Å². The molecule has 20 heavy (non-hydrogen) atoms. The van der Waals surface area contributed by atoms with Crippen molar-refractivity contribution in [3.8, 4) is 11.8 Å². The molecule has 102 valence electrons. The highest BCUT2D eigenvalue weighted by Gasteiger charge is 2.07. The minimum absolute atomic E-state index is 0.168. The summed E-state index contributed by atoms with van der Waals surface area (Å²) in [4.78, 5) is 17.1. The number of carbonyl (C=O) groups is 1. The van der Waals surface area contributed by atoms with Crippen LogP contribution in [-0.4, -0.2) is 17.4 Å². The first-order chi connectivity index (χ1) is 9.69. The van der Waals surface area contributed by atoms with E-state index in [1.54, 1.807) is 23.6 Å². The summed E-state index contributed by atoms with van der Waals surface area (Å²) in [7, 11) is 0. The Labute approximate surface area is 129 Å². The zero-order valence-corrected chi connectivity index (χ0v) is 12.9. The Morgan fingerprint density at radius 2 is 2.30 bits per heavy atom. The number of aromatic nitrogens is 1. The van der Waals surface area contributed by atoms with Crippen LogP contribution in [0.4, 0.5) is 0 Å². The summed E-state index contributed by atoms with van der Waals surface area (Å²) in [6.07, 6.45) is 3.13. The van der Waals surface area contributed by atoms with Crippen LogP contribution in [0.25, 0.3) is 0 Å². The van der Waals surface area contributed by atoms with Gasteiger partial charge in [-0.15, -0.1) is 11.3 Å². The zero-order chi connectivity index (χ0) is 14.4. The second-order valence-electron chi connectivity index (χ2n) is 3.88. The Morgan fingerprint density at radius 3 is 3.00 bits per heavy atom. The number of hydrogen-bond donors (Lipinski definition) is 2. The Bertz CT molecular complexity index is 672. The largest absolute Gasteiger partial charge is 0.347 e. The highest BCUT2D eigenvalue weighted by molar-refractivity contribution is 9.10. The molecule has 2 rings (SSSR count). The van der Waals surface area contributed by atoms with Crippen molar-refractivity contribution in [2.45, 2.75) is 6.54 Å². The first kappa shape index (κ1) is 14.7. The molecule has 0 aliphatic carbocycles. The molecule has 0 aliphatic rings. The first-order valence-electron chi connectivity index (χ1n) is 5.84. The van der Waals surface area contributed by atoms with Crippen molar-refractivity contribution in [3.63, 3.8) is 0 Å². The van der Waals surface area contributed by atoms with Gasteiger partial charge in [0.05, 0.1) is 18.7 Å². The standard InChI is InChI=1S/C14H12BrN3OS/c15-12-5-13(20-9-12)8-18-14(19)11-4-10(2-1-3-16)6-17-7-11/h4-7,9H,3,8,16H2,(H,18,19). The molecule has 0 radical (unpaired) electrons. The number of carbonyl (C=O) groups excluding carboxylic acids is 1. The van der Waals surface area contributed by atoms with Crippen molar-refractivity contribution in [1.29, 1.82) is 0 Å². The normalized spacial score (nSPS) is 9.70. The lowest BCUT2D eigenvalue weighted by molar-refractivity contribution is 0.0951. The predicted octanol–water partition coefficient (Wildman–Crippen LogP) is 2.15. The molecular weight excluding hydrogens is 338 g/mol. The molecule has 0 aliphatic heterocycles. The van der Waals surface area contributed by atoms with Crippen LogP contribution in [0.5, 0.6) is 0 Å². The van der Waals surface area contributed by atoms with Gasteiger partial charge in [0.2, 0.25) is 0 Å². The van der Waals surface area contributed by atoms with Crippen LogP contribution in [-0.2, 0) is 6.54 Å². The van der Waals surface area contributed by atoms with Gasteiger partial charge in [-0.3, -0.25) is 9.78 Å². The van der Waals surface area contributed by atoms with Gasteiger partial charge in [0.1, 0.15) is 0 Å². The Hall–Kier alpha value is -1.68. The minimum atomic E-state index is -0.168. The van der Waals surface area contributed by atoms with Gasteiger partial charge in [0.15, 0.2) is 0 Å². The summed E-state index contributed by atoms with van der Waals surface area (Å²) in [5, 5.41) is 4.83. The number of rotatable bonds is 3. The number of amides is 1. The number of thiophene rings is 1. The summed E-state index contributed by atoms with van der Waals surface area (Å²) in [6, 6.07) is 3.68. The molecule has 0 fully saturated rings. The highest BCUT2D eigenvalue weighted by Crippen LogP contribution is 2.19. The number of nitrogens with one attached hydrogen (secondary N) is 1. The van der Waals surface area contributed by atoms with Crippen LogP contribution < -0.4 is 11.1 Å². The second-order valence-corrected chi connectivity index (χ2v) is 5.79. The van der Waals surface area contributed by atoms with Crippen LogP contribution in [0, 0.1) is 11.8 Å². The summed E-state index contributed by atoms with van der Waals surface area (Å²) >= 11 is 4.97. The van der Waals surface area contributed by atoms with Crippen molar-refractivity contribution in [2.24, 2.45) is 5.73 Å². The lowest BCUT2D eigenvalue weighted by Crippen LogP contribution is -2.22. The Morgan fingerprint density at radius 1 is 1.45 bits per heavy atom. The van der Waals surface area contributed by atoms with Gasteiger partial charge in [-0.25, -0.2) is 0 Å². The van der Waals surface area contributed by atoms with Crippen LogP contribution >= 0.6 is 27.3 Å². The van der Waals surface area contributed by atoms with Crippen molar-refractivity contribution in [1.82, 2.24) is 10.3 Å². The maximum Gasteiger partial charge on any atom is 0.253 e. The fraction of sp³-hybridized carbons (Fsp3) is 0.143. The average Bonchev–Trinajstić information content (AvgIpc) is 2.88. The maximum absolute atomic E-state index is 12.0. The van der Waals surface area contributed by atoms with Crippen LogP contribution in [0.1, 0.15) is 20.8 Å². The summed E-state index contributed by atoms with van der Waals surface area (Å²) < 4.78 is 1.02. The number of halogens is 1. The number of nitrogens with two attached hydrogens (primary N) is 1. The molecule has 2 heterocycles. The fourth-order valence-electron chi connectivity index (χ4n) is 1.50. The van der Waals surface area contributed by atoms with Gasteiger partial charge >= 0.3 is 0 Å². The second kappa shape index (κ2) is 7.20. The Kier molecular flexibility index (Phi) is 5.30. The third kappa shape index (κ3) is 4.17. The van der Waals surface area contributed by atoms with Gasteiger partial charge in [-0.2, -0.15) is 0 Å². The number of hydrogen-bond acceptors (Lipinski definition) is 4. The molecule has 0 saturated heterocycles. The van der Waals surface area contributed by atoms with Crippen LogP contribution in [0.2, 0.25) is 0 Å². The highest BCUT2D eigenvalue weighted by atomic mass is 79.9. The van der Waals surface area contributed by atoms with E-state index in [0.29, 0.717) is 17.7 Å². The van der Waals surface area contributed by atoms with Crippen LogP contribution in [0.15, 0.2) is 34.4 Å². The van der Waals surface area contributed by atoms with E-state index in [2.05, 4.69) is 38.1 Å². The van der Waals surface area contributed by atoms with E-state index in [9.17, 15) is 4.79 Å². The van der Waals surface area contributed by atoms with Crippen molar-refractivity contribution >= 4 is 33.2 Å². The lowest BCUT2D eigenvalue weighted by Gasteiger charge is -2.03. The third-order valence-corrected chi connectivity index (χ3v) is 4.08. The van der Waals surface area contributed by atoms with E-state index in [-0.39, 0.29) is 12.5 Å². The average molecular weight is 350 g/mol. The molecule has 0 atom stereocenters. The monoisotopic (exact) mass is 349 g/mol. The molecular formula is C14H12BrN3OS. The molecule has 2 aromatic heterocycles. The molecule has 6 heteroatoms. The molecule has 0 saturated carbocycles. The summed E-state index contributed by atoms with van der Waals surface area (Å²) in [5.41, 5.74) is 6.48. The van der Waals surface area contributed by atoms with Gasteiger partial charge in [0.25, 0.3) is 5.91 Å². The molecule has 1 amide bonds. The third-order valence-electron chi connectivity index (χ3n) is 2.38. The maximum atomic E-state index is 12.0. The van der Waals surface area contributed by atoms with Gasteiger partial charge in [-0.1, -0.05) is 11.8 Å². The lowest BCUT2D eigenvalue weighted by atomic mass is 10.2. The smallest absolute Gasteiger partial charge is 0.253 e. The molecule has 0 unspecified atom stereocenters. The first-order valence-corrected chi connectivity index (χ1v) is 7.51. The van der Waals surface area contributed by atoms with E-state index >= 15 is 0 Å². The van der Waals surface area contributed by atoms with Crippen LogP contribution in [0.3, 0.4) is 0 Å². The van der Waals surface area contributed by atoms with E-state index in [0.717, 1.165) is 9.35 Å².